The molecule has 2 N–H and O–H groups in total. The Kier molecular flexibility index (Phi) is 4.68. The minimum atomic E-state index is -0.688. The van der Waals surface area contributed by atoms with Crippen LogP contribution in [0, 0.1) is 11.6 Å². The molecule has 0 amide bonds. The lowest BCUT2D eigenvalue weighted by atomic mass is 10.2. The van der Waals surface area contributed by atoms with Crippen LogP contribution >= 0.6 is 0 Å². The van der Waals surface area contributed by atoms with E-state index in [1.54, 1.807) is 0 Å². The number of hydrogen-bond acceptors (Lipinski definition) is 2. The third-order valence-electron chi connectivity index (χ3n) is 2.49. The lowest BCUT2D eigenvalue weighted by molar-refractivity contribution is 0.175. The van der Waals surface area contributed by atoms with E-state index in [-0.39, 0.29) is 18.4 Å². The van der Waals surface area contributed by atoms with E-state index in [0.29, 0.717) is 18.4 Å². The Morgan fingerprint density at radius 1 is 1.19 bits per heavy atom. The average Bonchev–Trinajstić information content (AvgIpc) is 2.28. The summed E-state index contributed by atoms with van der Waals surface area (Å²) in [4.78, 5) is 0. The molecule has 0 saturated carbocycles. The molecule has 0 aliphatic rings. The summed E-state index contributed by atoms with van der Waals surface area (Å²) in [7, 11) is 0. The van der Waals surface area contributed by atoms with Gasteiger partial charge in [0, 0.05) is 6.54 Å². The summed E-state index contributed by atoms with van der Waals surface area (Å²) >= 11 is 0. The highest BCUT2D eigenvalue weighted by Crippen LogP contribution is 2.25. The maximum Gasteiger partial charge on any atom is 0.191 e. The first-order valence-corrected chi connectivity index (χ1v) is 5.47. The molecule has 4 heteroatoms. The molecule has 0 heterocycles. The van der Waals surface area contributed by atoms with Crippen LogP contribution in [0.15, 0.2) is 12.1 Å². The van der Waals surface area contributed by atoms with Gasteiger partial charge in [-0.2, -0.15) is 0 Å². The van der Waals surface area contributed by atoms with E-state index in [1.807, 2.05) is 13.8 Å². The summed E-state index contributed by atoms with van der Waals surface area (Å²) in [6.07, 6.45) is 1.27. The van der Waals surface area contributed by atoms with Gasteiger partial charge in [-0.05, 0) is 30.5 Å². The monoisotopic (exact) mass is 229 g/mol. The second kappa shape index (κ2) is 5.80. The first-order valence-electron chi connectivity index (χ1n) is 5.47. The van der Waals surface area contributed by atoms with Crippen molar-refractivity contribution in [3.63, 3.8) is 0 Å². The van der Waals surface area contributed by atoms with Gasteiger partial charge in [0.25, 0.3) is 0 Å². The molecule has 1 rings (SSSR count). The Hall–Kier alpha value is -1.16. The topological polar surface area (TPSA) is 35.2 Å². The van der Waals surface area contributed by atoms with E-state index in [4.69, 9.17) is 10.5 Å². The van der Waals surface area contributed by atoms with Crippen LogP contribution in [0.3, 0.4) is 0 Å². The number of hydrogen-bond donors (Lipinski definition) is 1. The molecule has 0 aliphatic heterocycles. The molecule has 0 spiro atoms. The van der Waals surface area contributed by atoms with Crippen molar-refractivity contribution in [1.29, 1.82) is 0 Å². The standard InChI is InChI=1S/C12H17F2NO/c1-3-9(4-2)16-12-10(13)5-8(7-15)6-11(12)14/h5-6,9H,3-4,7,15H2,1-2H3. The third-order valence-corrected chi connectivity index (χ3v) is 2.49. The zero-order chi connectivity index (χ0) is 12.1. The Bertz CT molecular complexity index is 328. The summed E-state index contributed by atoms with van der Waals surface area (Å²) in [5.41, 5.74) is 5.74. The molecule has 0 fully saturated rings. The van der Waals surface area contributed by atoms with Crippen LogP contribution in [0.5, 0.6) is 5.75 Å². The number of rotatable bonds is 5. The molecule has 0 aromatic heterocycles. The quantitative estimate of drug-likeness (QED) is 0.842. The number of ether oxygens (including phenoxy) is 1. The smallest absolute Gasteiger partial charge is 0.191 e. The van der Waals surface area contributed by atoms with E-state index < -0.39 is 11.6 Å². The molecule has 0 unspecified atom stereocenters. The van der Waals surface area contributed by atoms with Gasteiger partial charge in [0.2, 0.25) is 0 Å². The van der Waals surface area contributed by atoms with Crippen molar-refractivity contribution in [1.82, 2.24) is 0 Å². The molecule has 2 nitrogen and oxygen atoms in total. The van der Waals surface area contributed by atoms with Crippen molar-refractivity contribution in [2.75, 3.05) is 0 Å². The number of halogens is 2. The normalized spacial score (nSPS) is 10.9. The molecular weight excluding hydrogens is 212 g/mol. The van der Waals surface area contributed by atoms with E-state index in [9.17, 15) is 8.78 Å². The predicted molar refractivity (Wildman–Crippen MR) is 59.2 cm³/mol. The van der Waals surface area contributed by atoms with Gasteiger partial charge in [-0.1, -0.05) is 13.8 Å². The second-order valence-corrected chi connectivity index (χ2v) is 3.65. The lowest BCUT2D eigenvalue weighted by Crippen LogP contribution is -2.15. The van der Waals surface area contributed by atoms with Crippen LogP contribution in [0.25, 0.3) is 0 Å². The Morgan fingerprint density at radius 3 is 2.06 bits per heavy atom. The zero-order valence-electron chi connectivity index (χ0n) is 9.59. The molecule has 0 saturated heterocycles. The van der Waals surface area contributed by atoms with Crippen LogP contribution < -0.4 is 10.5 Å². The van der Waals surface area contributed by atoms with Crippen LogP contribution in [-0.4, -0.2) is 6.10 Å². The highest BCUT2D eigenvalue weighted by Gasteiger charge is 2.15. The number of nitrogens with two attached hydrogens (primary N) is 1. The van der Waals surface area contributed by atoms with Crippen molar-refractivity contribution in [2.45, 2.75) is 39.3 Å². The minimum Gasteiger partial charge on any atom is -0.484 e. The van der Waals surface area contributed by atoms with E-state index in [1.165, 1.54) is 12.1 Å². The maximum absolute atomic E-state index is 13.5. The van der Waals surface area contributed by atoms with Gasteiger partial charge >= 0.3 is 0 Å². The Morgan fingerprint density at radius 2 is 1.69 bits per heavy atom. The van der Waals surface area contributed by atoms with Crippen LogP contribution in [0.1, 0.15) is 32.3 Å². The molecule has 0 atom stereocenters. The first kappa shape index (κ1) is 12.9. The molecule has 90 valence electrons. The SMILES string of the molecule is CCC(CC)Oc1c(F)cc(CN)cc1F. The van der Waals surface area contributed by atoms with Crippen LogP contribution in [0.2, 0.25) is 0 Å². The fourth-order valence-electron chi connectivity index (χ4n) is 1.46. The summed E-state index contributed by atoms with van der Waals surface area (Å²) in [5.74, 6) is -1.68. The molecule has 0 aliphatic carbocycles. The first-order chi connectivity index (χ1) is 7.62. The maximum atomic E-state index is 13.5. The average molecular weight is 229 g/mol. The van der Waals surface area contributed by atoms with Crippen molar-refractivity contribution in [2.24, 2.45) is 5.73 Å². The summed E-state index contributed by atoms with van der Waals surface area (Å²) < 4.78 is 32.3. The predicted octanol–water partition coefficient (Wildman–Crippen LogP) is 2.99. The molecule has 16 heavy (non-hydrogen) atoms. The highest BCUT2D eigenvalue weighted by molar-refractivity contribution is 5.31. The molecule has 0 radical (unpaired) electrons. The zero-order valence-corrected chi connectivity index (χ0v) is 9.59. The Labute approximate surface area is 94.4 Å². The third kappa shape index (κ3) is 2.92. The fraction of sp³-hybridized carbons (Fsp3) is 0.500. The minimum absolute atomic E-state index is 0.110. The van der Waals surface area contributed by atoms with E-state index in [0.717, 1.165) is 0 Å². The van der Waals surface area contributed by atoms with E-state index >= 15 is 0 Å². The molecule has 1 aromatic carbocycles. The van der Waals surface area contributed by atoms with Gasteiger partial charge in [-0.25, -0.2) is 8.78 Å². The molecular formula is C12H17F2NO. The van der Waals surface area contributed by atoms with Gasteiger partial charge in [0.15, 0.2) is 17.4 Å². The number of benzene rings is 1. The second-order valence-electron chi connectivity index (χ2n) is 3.65. The van der Waals surface area contributed by atoms with Gasteiger partial charge in [-0.15, -0.1) is 0 Å². The van der Waals surface area contributed by atoms with Crippen LogP contribution in [-0.2, 0) is 6.54 Å². The highest BCUT2D eigenvalue weighted by atomic mass is 19.1. The van der Waals surface area contributed by atoms with Crippen molar-refractivity contribution in [3.05, 3.63) is 29.3 Å². The van der Waals surface area contributed by atoms with Crippen LogP contribution in [0.4, 0.5) is 8.78 Å². The lowest BCUT2D eigenvalue weighted by Gasteiger charge is -2.17. The largest absolute Gasteiger partial charge is 0.484 e. The van der Waals surface area contributed by atoms with Gasteiger partial charge in [0.05, 0.1) is 6.10 Å². The van der Waals surface area contributed by atoms with Crippen molar-refractivity contribution in [3.8, 4) is 5.75 Å². The van der Waals surface area contributed by atoms with Crippen molar-refractivity contribution < 1.29 is 13.5 Å². The van der Waals surface area contributed by atoms with Gasteiger partial charge in [0.1, 0.15) is 0 Å². The molecule has 0 bridgehead atoms. The van der Waals surface area contributed by atoms with Gasteiger partial charge < -0.3 is 10.5 Å². The molecule has 1 aromatic rings. The fourth-order valence-corrected chi connectivity index (χ4v) is 1.46. The summed E-state index contributed by atoms with van der Waals surface area (Å²) in [6, 6.07) is 2.42. The summed E-state index contributed by atoms with van der Waals surface area (Å²) in [5, 5.41) is 0. The van der Waals surface area contributed by atoms with E-state index in [2.05, 4.69) is 0 Å². The van der Waals surface area contributed by atoms with Crippen molar-refractivity contribution >= 4 is 0 Å². The summed E-state index contributed by atoms with van der Waals surface area (Å²) in [6.45, 7) is 3.94. The van der Waals surface area contributed by atoms with Gasteiger partial charge in [-0.3, -0.25) is 0 Å². The Balaban J connectivity index is 2.95.